The van der Waals surface area contributed by atoms with Crippen molar-refractivity contribution in [1.82, 2.24) is 19.6 Å². The first-order chi connectivity index (χ1) is 15.3. The third-order valence-corrected chi connectivity index (χ3v) is 6.82. The third-order valence-electron chi connectivity index (χ3n) is 5.59. The quantitative estimate of drug-likeness (QED) is 0.526. The molecule has 0 N–H and O–H groups in total. The number of carbonyl (C=O) groups is 2. The Balaban J connectivity index is 1.70. The minimum atomic E-state index is -0.372. The van der Waals surface area contributed by atoms with Crippen molar-refractivity contribution in [2.75, 3.05) is 20.6 Å². The number of hydrogen-bond acceptors (Lipinski definition) is 5. The van der Waals surface area contributed by atoms with E-state index in [0.717, 1.165) is 11.1 Å². The highest BCUT2D eigenvalue weighted by Crippen LogP contribution is 2.42. The number of nitrogens with zero attached hydrogens (tertiary/aromatic N) is 4. The van der Waals surface area contributed by atoms with Crippen LogP contribution in [0.25, 0.3) is 0 Å². The number of carbonyl (C=O) groups excluding carboxylic acids is 2. The fraction of sp³-hybridized carbons (Fsp3) is 0.348. The van der Waals surface area contributed by atoms with Gasteiger partial charge in [0.1, 0.15) is 10.8 Å². The Morgan fingerprint density at radius 2 is 1.97 bits per heavy atom. The molecule has 0 radical (unpaired) electrons. The van der Waals surface area contributed by atoms with E-state index in [9.17, 15) is 14.0 Å². The maximum absolute atomic E-state index is 13.3. The van der Waals surface area contributed by atoms with Crippen molar-refractivity contribution in [2.45, 2.75) is 30.7 Å². The standard InChI is InChI=1S/C23H25FN4O3S/c1-14-12-27(23(30)26(3)4)20(14)19-15(2)22(32-13-16-7-9-17(24)10-8-16)28(25-19)21(29)18-6-5-11-31-18/h5-11,14,20H,12-13H2,1-4H3. The summed E-state index contributed by atoms with van der Waals surface area (Å²) in [6.45, 7) is 4.63. The summed E-state index contributed by atoms with van der Waals surface area (Å²) in [6, 6.07) is 9.24. The van der Waals surface area contributed by atoms with Crippen LogP contribution in [-0.4, -0.2) is 52.2 Å². The Hall–Kier alpha value is -3.07. The van der Waals surface area contributed by atoms with Crippen molar-refractivity contribution in [3.8, 4) is 0 Å². The van der Waals surface area contributed by atoms with Gasteiger partial charge in [0.2, 0.25) is 0 Å². The topological polar surface area (TPSA) is 71.6 Å². The fourth-order valence-corrected chi connectivity index (χ4v) is 4.95. The van der Waals surface area contributed by atoms with Crippen LogP contribution in [0.2, 0.25) is 0 Å². The second-order valence-electron chi connectivity index (χ2n) is 8.18. The van der Waals surface area contributed by atoms with Crippen LogP contribution in [0.3, 0.4) is 0 Å². The molecule has 1 saturated heterocycles. The number of aromatic nitrogens is 2. The molecule has 9 heteroatoms. The molecule has 4 rings (SSSR count). The zero-order chi connectivity index (χ0) is 23.0. The largest absolute Gasteiger partial charge is 0.459 e. The lowest BCUT2D eigenvalue weighted by Crippen LogP contribution is -2.54. The maximum atomic E-state index is 13.3. The summed E-state index contributed by atoms with van der Waals surface area (Å²) in [6.07, 6.45) is 1.45. The van der Waals surface area contributed by atoms with Gasteiger partial charge in [0.05, 0.1) is 18.0 Å². The maximum Gasteiger partial charge on any atom is 0.320 e. The smallest absolute Gasteiger partial charge is 0.320 e. The van der Waals surface area contributed by atoms with Crippen LogP contribution < -0.4 is 0 Å². The molecule has 1 fully saturated rings. The predicted octanol–water partition coefficient (Wildman–Crippen LogP) is 4.58. The molecule has 3 heterocycles. The molecule has 0 aliphatic carbocycles. The van der Waals surface area contributed by atoms with Crippen LogP contribution in [0, 0.1) is 18.7 Å². The number of likely N-dealkylation sites (tertiary alicyclic amines) is 1. The molecule has 1 aliphatic rings. The van der Waals surface area contributed by atoms with Gasteiger partial charge in [-0.05, 0) is 36.8 Å². The monoisotopic (exact) mass is 456 g/mol. The molecular formula is C23H25FN4O3S. The number of rotatable bonds is 5. The number of thioether (sulfide) groups is 1. The van der Waals surface area contributed by atoms with E-state index < -0.39 is 0 Å². The molecule has 2 aromatic heterocycles. The SMILES string of the molecule is Cc1c(C2C(C)CN2C(=O)N(C)C)nn(C(=O)c2ccco2)c1SCc1ccc(F)cc1. The average Bonchev–Trinajstić information content (AvgIpc) is 3.40. The number of urea groups is 1. The van der Waals surface area contributed by atoms with Crippen LogP contribution in [0.1, 0.15) is 40.3 Å². The molecule has 7 nitrogen and oxygen atoms in total. The van der Waals surface area contributed by atoms with Gasteiger partial charge in [0.15, 0.2) is 5.76 Å². The molecule has 2 atom stereocenters. The van der Waals surface area contributed by atoms with Crippen LogP contribution >= 0.6 is 11.8 Å². The highest BCUT2D eigenvalue weighted by Gasteiger charge is 2.44. The highest BCUT2D eigenvalue weighted by atomic mass is 32.2. The van der Waals surface area contributed by atoms with Crippen LogP contribution in [-0.2, 0) is 5.75 Å². The van der Waals surface area contributed by atoms with E-state index >= 15 is 0 Å². The van der Waals surface area contributed by atoms with E-state index in [1.165, 1.54) is 34.8 Å². The zero-order valence-corrected chi connectivity index (χ0v) is 19.2. The van der Waals surface area contributed by atoms with Crippen molar-refractivity contribution < 1.29 is 18.4 Å². The van der Waals surface area contributed by atoms with Crippen LogP contribution in [0.15, 0.2) is 52.1 Å². The summed E-state index contributed by atoms with van der Waals surface area (Å²) < 4.78 is 19.9. The van der Waals surface area contributed by atoms with E-state index in [1.807, 2.05) is 6.92 Å². The van der Waals surface area contributed by atoms with Crippen molar-refractivity contribution >= 4 is 23.7 Å². The van der Waals surface area contributed by atoms with Gasteiger partial charge in [-0.25, -0.2) is 9.18 Å². The minimum absolute atomic E-state index is 0.0834. The summed E-state index contributed by atoms with van der Waals surface area (Å²) in [5.41, 5.74) is 2.49. The van der Waals surface area contributed by atoms with Gasteiger partial charge in [-0.3, -0.25) is 4.79 Å². The first kappa shape index (κ1) is 22.1. The summed E-state index contributed by atoms with van der Waals surface area (Å²) in [5, 5.41) is 5.35. The number of hydrogen-bond donors (Lipinski definition) is 0. The molecule has 3 aromatic rings. The molecule has 32 heavy (non-hydrogen) atoms. The van der Waals surface area contributed by atoms with Crippen molar-refractivity contribution in [3.63, 3.8) is 0 Å². The molecule has 2 unspecified atom stereocenters. The van der Waals surface area contributed by atoms with Gasteiger partial charge in [-0.15, -0.1) is 11.8 Å². The Morgan fingerprint density at radius 3 is 2.56 bits per heavy atom. The molecule has 2 amide bonds. The summed E-state index contributed by atoms with van der Waals surface area (Å²) in [5.74, 6) is 0.279. The fourth-order valence-electron chi connectivity index (χ4n) is 3.89. The second kappa shape index (κ2) is 8.82. The Kier molecular flexibility index (Phi) is 6.10. The first-order valence-electron chi connectivity index (χ1n) is 10.3. The molecule has 1 aromatic carbocycles. The number of furan rings is 1. The zero-order valence-electron chi connectivity index (χ0n) is 18.4. The average molecular weight is 457 g/mol. The van der Waals surface area contributed by atoms with E-state index in [-0.39, 0.29) is 35.5 Å². The molecule has 168 valence electrons. The summed E-state index contributed by atoms with van der Waals surface area (Å²) >= 11 is 1.45. The van der Waals surface area contributed by atoms with Crippen LogP contribution in [0.4, 0.5) is 9.18 Å². The Bertz CT molecular complexity index is 1130. The lowest BCUT2D eigenvalue weighted by molar-refractivity contribution is 0.0424. The lowest BCUT2D eigenvalue weighted by atomic mass is 9.87. The predicted molar refractivity (Wildman–Crippen MR) is 119 cm³/mol. The van der Waals surface area contributed by atoms with E-state index in [1.54, 1.807) is 48.2 Å². The molecule has 0 spiro atoms. The molecule has 1 aliphatic heterocycles. The first-order valence-corrected chi connectivity index (χ1v) is 11.3. The van der Waals surface area contributed by atoms with Crippen molar-refractivity contribution in [1.29, 1.82) is 0 Å². The highest BCUT2D eigenvalue weighted by molar-refractivity contribution is 7.98. The van der Waals surface area contributed by atoms with Gasteiger partial charge >= 0.3 is 11.9 Å². The lowest BCUT2D eigenvalue weighted by Gasteiger charge is -2.46. The Morgan fingerprint density at radius 1 is 1.25 bits per heavy atom. The van der Waals surface area contributed by atoms with Gasteiger partial charge in [0.25, 0.3) is 0 Å². The number of benzene rings is 1. The van der Waals surface area contributed by atoms with Crippen LogP contribution in [0.5, 0.6) is 0 Å². The second-order valence-corrected chi connectivity index (χ2v) is 9.14. The van der Waals surface area contributed by atoms with E-state index in [2.05, 4.69) is 12.0 Å². The Labute approximate surface area is 190 Å². The number of halogens is 1. The minimum Gasteiger partial charge on any atom is -0.459 e. The van der Waals surface area contributed by atoms with Gasteiger partial charge in [0, 0.05) is 37.9 Å². The summed E-state index contributed by atoms with van der Waals surface area (Å²) in [7, 11) is 3.44. The van der Waals surface area contributed by atoms with E-state index in [4.69, 9.17) is 4.42 Å². The third kappa shape index (κ3) is 4.04. The van der Waals surface area contributed by atoms with Crippen molar-refractivity contribution in [2.24, 2.45) is 5.92 Å². The van der Waals surface area contributed by atoms with Crippen molar-refractivity contribution in [3.05, 3.63) is 71.1 Å². The van der Waals surface area contributed by atoms with E-state index in [0.29, 0.717) is 23.0 Å². The van der Waals surface area contributed by atoms with Gasteiger partial charge in [-0.1, -0.05) is 19.1 Å². The molecule has 0 bridgehead atoms. The normalized spacial score (nSPS) is 17.8. The molecule has 0 saturated carbocycles. The number of amides is 2. The van der Waals surface area contributed by atoms with Gasteiger partial charge in [-0.2, -0.15) is 9.78 Å². The molecular weight excluding hydrogens is 431 g/mol. The van der Waals surface area contributed by atoms with Gasteiger partial charge < -0.3 is 14.2 Å². The summed E-state index contributed by atoms with van der Waals surface area (Å²) in [4.78, 5) is 29.1.